The van der Waals surface area contributed by atoms with Gasteiger partial charge in [-0.15, -0.1) is 0 Å². The van der Waals surface area contributed by atoms with Crippen LogP contribution < -0.4 is 10.2 Å². The predicted octanol–water partition coefficient (Wildman–Crippen LogP) is 4.51. The molecule has 1 atom stereocenters. The number of amides is 2. The van der Waals surface area contributed by atoms with Crippen molar-refractivity contribution in [2.24, 2.45) is 0 Å². The van der Waals surface area contributed by atoms with E-state index in [2.05, 4.69) is 5.43 Å². The molecule has 1 aliphatic heterocycles. The molecule has 1 fully saturated rings. The number of aromatic nitrogens is 1. The monoisotopic (exact) mass is 546 g/mol. The summed E-state index contributed by atoms with van der Waals surface area (Å²) in [6.07, 6.45) is 3.56. The summed E-state index contributed by atoms with van der Waals surface area (Å²) < 4.78 is 21.9. The van der Waals surface area contributed by atoms with Crippen molar-refractivity contribution in [3.63, 3.8) is 0 Å². The van der Waals surface area contributed by atoms with Gasteiger partial charge in [-0.1, -0.05) is 18.5 Å². The van der Waals surface area contributed by atoms with Crippen LogP contribution >= 0.6 is 11.6 Å². The Labute approximate surface area is 223 Å². The first kappa shape index (κ1) is 28.5. The van der Waals surface area contributed by atoms with E-state index < -0.39 is 17.7 Å². The van der Waals surface area contributed by atoms with Gasteiger partial charge in [0.2, 0.25) is 5.72 Å². The average molecular weight is 547 g/mol. The molecule has 2 heterocycles. The highest BCUT2D eigenvalue weighted by atomic mass is 35.5. The predicted molar refractivity (Wildman–Crippen MR) is 140 cm³/mol. The zero-order chi connectivity index (χ0) is 28.0. The van der Waals surface area contributed by atoms with Gasteiger partial charge < -0.3 is 24.4 Å². The van der Waals surface area contributed by atoms with Crippen LogP contribution in [-0.4, -0.2) is 68.5 Å². The van der Waals surface area contributed by atoms with Crippen LogP contribution in [0.4, 0.5) is 9.18 Å². The second-order valence-corrected chi connectivity index (χ2v) is 8.71. The van der Waals surface area contributed by atoms with E-state index in [1.165, 1.54) is 12.1 Å². The number of hydrazine groups is 1. The lowest BCUT2D eigenvalue weighted by molar-refractivity contribution is -0.134. The van der Waals surface area contributed by atoms with Crippen molar-refractivity contribution in [1.29, 1.82) is 0 Å². The summed E-state index contributed by atoms with van der Waals surface area (Å²) in [6, 6.07) is 11.7. The van der Waals surface area contributed by atoms with E-state index in [0.29, 0.717) is 42.4 Å². The molecule has 38 heavy (non-hydrogen) atoms. The molecule has 0 spiro atoms. The van der Waals surface area contributed by atoms with Gasteiger partial charge in [-0.25, -0.2) is 29.2 Å². The van der Waals surface area contributed by atoms with Crippen molar-refractivity contribution in [2.45, 2.75) is 26.0 Å². The van der Waals surface area contributed by atoms with Crippen molar-refractivity contribution >= 4 is 40.5 Å². The molecule has 3 N–H and O–H groups in total. The first-order chi connectivity index (χ1) is 18.0. The van der Waals surface area contributed by atoms with E-state index in [4.69, 9.17) is 26.6 Å². The highest BCUT2D eigenvalue weighted by Crippen LogP contribution is 2.38. The zero-order valence-corrected chi connectivity index (χ0v) is 21.8. The molecule has 1 aliphatic rings. The van der Waals surface area contributed by atoms with E-state index in [-0.39, 0.29) is 11.8 Å². The van der Waals surface area contributed by atoms with Crippen LogP contribution in [0.25, 0.3) is 16.6 Å². The number of nitrogens with zero attached hydrogens (tertiary/aromatic N) is 3. The number of carbonyl (C=O) groups excluding carboxylic acids is 1. The summed E-state index contributed by atoms with van der Waals surface area (Å²) in [4.78, 5) is 33.6. The molecule has 2 amide bonds. The molecular weight excluding hydrogens is 519 g/mol. The van der Waals surface area contributed by atoms with Gasteiger partial charge in [0.1, 0.15) is 11.6 Å². The van der Waals surface area contributed by atoms with E-state index >= 15 is 0 Å². The van der Waals surface area contributed by atoms with Crippen molar-refractivity contribution in [2.75, 3.05) is 20.1 Å². The molecule has 10 nitrogen and oxygen atoms in total. The quantitative estimate of drug-likeness (QED) is 0.355. The number of nitrogens with one attached hydrogen (secondary N) is 1. The molecule has 2 aromatic carbocycles. The highest BCUT2D eigenvalue weighted by Gasteiger charge is 2.50. The van der Waals surface area contributed by atoms with Crippen LogP contribution in [0.2, 0.25) is 5.02 Å². The van der Waals surface area contributed by atoms with Crippen molar-refractivity contribution in [3.05, 3.63) is 71.7 Å². The summed E-state index contributed by atoms with van der Waals surface area (Å²) in [5.41, 5.74) is 3.79. The smallest absolute Gasteiger partial charge is 0.338 e. The van der Waals surface area contributed by atoms with Gasteiger partial charge in [-0.3, -0.25) is 0 Å². The van der Waals surface area contributed by atoms with Gasteiger partial charge in [0.05, 0.1) is 18.3 Å². The van der Waals surface area contributed by atoms with Crippen LogP contribution in [0.1, 0.15) is 20.3 Å². The van der Waals surface area contributed by atoms with Crippen LogP contribution in [0.3, 0.4) is 0 Å². The topological polar surface area (TPSA) is 124 Å². The lowest BCUT2D eigenvalue weighted by Crippen LogP contribution is -2.56. The Morgan fingerprint density at radius 1 is 1.13 bits per heavy atom. The number of likely N-dealkylation sites (N-methyl/N-ethyl adjacent to an activating group) is 1. The Kier molecular flexibility index (Phi) is 8.97. The van der Waals surface area contributed by atoms with Crippen LogP contribution in [0.5, 0.6) is 5.75 Å². The lowest BCUT2D eigenvalue weighted by Gasteiger charge is -2.35. The summed E-state index contributed by atoms with van der Waals surface area (Å²) in [7, 11) is 1.71. The van der Waals surface area contributed by atoms with Gasteiger partial charge in [0.25, 0.3) is 0 Å². The molecular formula is C26H28ClFN4O6. The van der Waals surface area contributed by atoms with E-state index in [9.17, 15) is 18.8 Å². The largest absolute Gasteiger partial charge is 0.478 e. The summed E-state index contributed by atoms with van der Waals surface area (Å²) in [5, 5.41) is 18.6. The number of fused-ring (bicyclic) bond motifs is 1. The third kappa shape index (κ3) is 6.06. The molecule has 0 saturated carbocycles. The Hall–Kier alpha value is -4.09. The van der Waals surface area contributed by atoms with Crippen LogP contribution in [-0.2, 0) is 9.59 Å². The van der Waals surface area contributed by atoms with Gasteiger partial charge >= 0.3 is 18.0 Å². The Morgan fingerprint density at radius 3 is 2.29 bits per heavy atom. The fraction of sp³-hybridized carbons (Fsp3) is 0.269. The molecule has 1 saturated heterocycles. The summed E-state index contributed by atoms with van der Waals surface area (Å²) in [5.74, 6) is -2.21. The van der Waals surface area contributed by atoms with Crippen molar-refractivity contribution in [1.82, 2.24) is 19.9 Å². The number of benzene rings is 2. The molecule has 3 aromatic rings. The molecule has 0 aliphatic carbocycles. The molecule has 1 unspecified atom stereocenters. The normalized spacial score (nSPS) is 17.1. The fourth-order valence-corrected chi connectivity index (χ4v) is 4.31. The molecule has 12 heteroatoms. The van der Waals surface area contributed by atoms with Crippen molar-refractivity contribution < 1.29 is 33.7 Å². The first-order valence-corrected chi connectivity index (χ1v) is 12.1. The number of aliphatic carboxylic acids is 2. The lowest BCUT2D eigenvalue weighted by atomic mass is 10.1. The third-order valence-electron chi connectivity index (χ3n) is 5.97. The number of carboxylic acids is 2. The Bertz CT molecular complexity index is 1340. The van der Waals surface area contributed by atoms with Crippen LogP contribution in [0.15, 0.2) is 60.8 Å². The Balaban J connectivity index is 0.000000436. The maximum absolute atomic E-state index is 13.4. The van der Waals surface area contributed by atoms with Gasteiger partial charge in [0.15, 0.2) is 0 Å². The second kappa shape index (κ2) is 12.0. The minimum Gasteiger partial charge on any atom is -0.478 e. The number of hydrogen-bond donors (Lipinski definition) is 3. The zero-order valence-electron chi connectivity index (χ0n) is 21.0. The molecule has 0 radical (unpaired) electrons. The summed E-state index contributed by atoms with van der Waals surface area (Å²) in [6.45, 7) is 4.95. The van der Waals surface area contributed by atoms with Crippen LogP contribution in [0, 0.1) is 5.82 Å². The number of carboxylic acid groups (broad SMARTS) is 2. The molecule has 4 rings (SSSR count). The maximum Gasteiger partial charge on any atom is 0.338 e. The molecule has 202 valence electrons. The number of carbonyl (C=O) groups is 3. The number of halogens is 2. The van der Waals surface area contributed by atoms with Gasteiger partial charge in [-0.05, 0) is 49.4 Å². The molecule has 0 bridgehead atoms. The minimum atomic E-state index is -1.26. The second-order valence-electron chi connectivity index (χ2n) is 8.27. The standard InChI is InChI=1S/C22H24ClFN4O2.C4H4O4/c1-4-22(14-26(5-2)21(29)28(22)25-3)30-20-13-27(17-9-7-16(24)8-10-17)19-11-6-15(23)12-18(19)20;5-3(6)1-2-4(7)8/h6-13,25H,4-5,14H2,1-3H3;1-2H,(H,5,6)(H,7,8). The van der Waals surface area contributed by atoms with E-state index in [1.54, 1.807) is 35.2 Å². The fourth-order valence-electron chi connectivity index (χ4n) is 4.13. The summed E-state index contributed by atoms with van der Waals surface area (Å²) >= 11 is 6.28. The number of ether oxygens (including phenoxy) is 1. The van der Waals surface area contributed by atoms with E-state index in [1.807, 2.05) is 36.7 Å². The van der Waals surface area contributed by atoms with Gasteiger partial charge in [-0.2, -0.15) is 0 Å². The Morgan fingerprint density at radius 2 is 1.76 bits per heavy atom. The van der Waals surface area contributed by atoms with Gasteiger partial charge in [0, 0.05) is 48.3 Å². The number of rotatable bonds is 8. The maximum atomic E-state index is 13.4. The molecule has 1 aromatic heterocycles. The number of urea groups is 1. The highest BCUT2D eigenvalue weighted by molar-refractivity contribution is 6.31. The average Bonchev–Trinajstić information content (AvgIpc) is 3.37. The van der Waals surface area contributed by atoms with E-state index in [0.717, 1.165) is 16.6 Å². The first-order valence-electron chi connectivity index (χ1n) is 11.7. The third-order valence-corrected chi connectivity index (χ3v) is 6.20. The van der Waals surface area contributed by atoms with Crippen molar-refractivity contribution in [3.8, 4) is 11.4 Å². The SMILES string of the molecule is CCN1CC(CC)(Oc2cn(-c3ccc(F)cc3)c3ccc(Cl)cc23)N(NC)C1=O.O=C(O)C=CC(=O)O. The number of hydrogen-bond acceptors (Lipinski definition) is 5. The minimum absolute atomic E-state index is 0.123.